The first-order valence-corrected chi connectivity index (χ1v) is 7.85. The highest BCUT2D eigenvalue weighted by atomic mass is 32.2. The number of hydrogen-bond donors (Lipinski definition) is 0. The number of rotatable bonds is 5. The Morgan fingerprint density at radius 1 is 1.35 bits per heavy atom. The van der Waals surface area contributed by atoms with Crippen molar-refractivity contribution in [2.75, 3.05) is 6.26 Å². The molecule has 20 heavy (non-hydrogen) atoms. The van der Waals surface area contributed by atoms with Crippen LogP contribution in [0.5, 0.6) is 0 Å². The summed E-state index contributed by atoms with van der Waals surface area (Å²) >= 11 is 0. The molecule has 0 N–H and O–H groups in total. The molecule has 0 bridgehead atoms. The third-order valence-corrected chi connectivity index (χ3v) is 3.80. The molecule has 0 radical (unpaired) electrons. The van der Waals surface area contributed by atoms with E-state index in [1.54, 1.807) is 17.2 Å². The number of nitrogens with zero attached hydrogens (tertiary/aromatic N) is 4. The Hall–Kier alpha value is -2.02. The number of para-hydroxylation sites is 2. The number of aryl methyl sites for hydroxylation is 2. The lowest BCUT2D eigenvalue weighted by molar-refractivity contribution is 0.495. The Kier molecular flexibility index (Phi) is 3.60. The monoisotopic (exact) mass is 290 g/mol. The van der Waals surface area contributed by atoms with Gasteiger partial charge in [-0.05, 0) is 18.6 Å². The highest BCUT2D eigenvalue weighted by Gasteiger charge is 2.09. The van der Waals surface area contributed by atoms with Gasteiger partial charge in [0.25, 0.3) is 0 Å². The van der Waals surface area contributed by atoms with E-state index in [1.807, 2.05) is 24.3 Å². The van der Waals surface area contributed by atoms with Crippen molar-refractivity contribution in [3.8, 4) is 0 Å². The van der Waals surface area contributed by atoms with Crippen LogP contribution in [0.4, 0.5) is 0 Å². The zero-order valence-corrected chi connectivity index (χ0v) is 11.8. The average molecular weight is 290 g/mol. The van der Waals surface area contributed by atoms with E-state index < -0.39 is 10.8 Å². The van der Waals surface area contributed by atoms with E-state index >= 15 is 0 Å². The summed E-state index contributed by atoms with van der Waals surface area (Å²) in [5.74, 6) is 0.721. The minimum atomic E-state index is -1.12. The average Bonchev–Trinajstić information content (AvgIpc) is 3.04. The van der Waals surface area contributed by atoms with Crippen molar-refractivity contribution in [1.82, 2.24) is 19.7 Å². The van der Waals surface area contributed by atoms with Gasteiger partial charge in [0.2, 0.25) is 5.16 Å². The number of hydrogen-bond acceptors (Lipinski definition) is 5. The van der Waals surface area contributed by atoms with E-state index in [2.05, 4.69) is 15.2 Å². The van der Waals surface area contributed by atoms with Crippen LogP contribution in [0, 0.1) is 0 Å². The number of aromatic nitrogens is 4. The maximum absolute atomic E-state index is 11.4. The lowest BCUT2D eigenvalue weighted by Crippen LogP contribution is -2.05. The van der Waals surface area contributed by atoms with Gasteiger partial charge < -0.3 is 8.98 Å². The number of benzene rings is 1. The van der Waals surface area contributed by atoms with Crippen molar-refractivity contribution in [3.63, 3.8) is 0 Å². The number of oxazole rings is 1. The molecule has 0 saturated heterocycles. The Morgan fingerprint density at radius 2 is 2.20 bits per heavy atom. The van der Waals surface area contributed by atoms with Gasteiger partial charge in [-0.2, -0.15) is 0 Å². The van der Waals surface area contributed by atoms with Crippen LogP contribution in [0.3, 0.4) is 0 Å². The first-order chi connectivity index (χ1) is 9.74. The predicted molar refractivity (Wildman–Crippen MR) is 74.7 cm³/mol. The van der Waals surface area contributed by atoms with Gasteiger partial charge in [-0.25, -0.2) is 4.98 Å². The Balaban J connectivity index is 1.65. The van der Waals surface area contributed by atoms with Crippen LogP contribution in [0.15, 0.2) is 40.2 Å². The molecule has 0 fully saturated rings. The first kappa shape index (κ1) is 13.0. The van der Waals surface area contributed by atoms with E-state index in [9.17, 15) is 4.21 Å². The van der Waals surface area contributed by atoms with Crippen LogP contribution in [0.2, 0.25) is 0 Å². The standard InChI is InChI=1S/C13H14N4O2S/c1-20(18)13-16-14-9-17(13)8-4-7-12-15-10-5-2-3-6-11(10)19-12/h2-3,5-6,9H,4,7-8H2,1H3. The molecule has 1 atom stereocenters. The molecule has 0 aliphatic heterocycles. The van der Waals surface area contributed by atoms with E-state index in [0.29, 0.717) is 11.7 Å². The minimum absolute atomic E-state index is 0.502. The lowest BCUT2D eigenvalue weighted by atomic mass is 10.3. The summed E-state index contributed by atoms with van der Waals surface area (Å²) < 4.78 is 18.9. The highest BCUT2D eigenvalue weighted by Crippen LogP contribution is 2.16. The van der Waals surface area contributed by atoms with Crippen molar-refractivity contribution in [3.05, 3.63) is 36.5 Å². The van der Waals surface area contributed by atoms with Crippen molar-refractivity contribution in [1.29, 1.82) is 0 Å². The van der Waals surface area contributed by atoms with Crippen LogP contribution in [0.25, 0.3) is 11.1 Å². The van der Waals surface area contributed by atoms with Gasteiger partial charge in [0.15, 0.2) is 11.5 Å². The minimum Gasteiger partial charge on any atom is -0.441 e. The van der Waals surface area contributed by atoms with E-state index in [0.717, 1.165) is 29.8 Å². The molecule has 2 aromatic heterocycles. The van der Waals surface area contributed by atoms with E-state index in [4.69, 9.17) is 4.42 Å². The molecule has 3 rings (SSSR count). The maximum Gasteiger partial charge on any atom is 0.221 e. The van der Waals surface area contributed by atoms with Gasteiger partial charge in [-0.3, -0.25) is 4.21 Å². The third-order valence-electron chi connectivity index (χ3n) is 2.96. The molecule has 0 aliphatic rings. The summed E-state index contributed by atoms with van der Waals surface area (Å²) in [4.78, 5) is 4.42. The maximum atomic E-state index is 11.4. The zero-order chi connectivity index (χ0) is 13.9. The van der Waals surface area contributed by atoms with E-state index in [-0.39, 0.29) is 0 Å². The predicted octanol–water partition coefficient (Wildman–Crippen LogP) is 1.79. The normalized spacial score (nSPS) is 12.8. The van der Waals surface area contributed by atoms with Crippen LogP contribution < -0.4 is 0 Å². The first-order valence-electron chi connectivity index (χ1n) is 6.30. The molecule has 0 amide bonds. The second-order valence-electron chi connectivity index (χ2n) is 4.44. The molecular formula is C13H14N4O2S. The summed E-state index contributed by atoms with van der Waals surface area (Å²) in [5.41, 5.74) is 1.68. The molecule has 6 nitrogen and oxygen atoms in total. The van der Waals surface area contributed by atoms with Crippen LogP contribution in [-0.2, 0) is 23.8 Å². The molecular weight excluding hydrogens is 276 g/mol. The largest absolute Gasteiger partial charge is 0.441 e. The second-order valence-corrected chi connectivity index (χ2v) is 5.71. The van der Waals surface area contributed by atoms with Gasteiger partial charge in [0.05, 0.1) is 10.8 Å². The van der Waals surface area contributed by atoms with Gasteiger partial charge >= 0.3 is 0 Å². The SMILES string of the molecule is CS(=O)c1nncn1CCCc1nc2ccccc2o1. The van der Waals surface area contributed by atoms with Crippen molar-refractivity contribution < 1.29 is 8.63 Å². The van der Waals surface area contributed by atoms with Crippen LogP contribution in [0.1, 0.15) is 12.3 Å². The second kappa shape index (κ2) is 5.54. The Bertz CT molecular complexity index is 717. The molecule has 1 unspecified atom stereocenters. The molecule has 1 aromatic carbocycles. The van der Waals surface area contributed by atoms with E-state index in [1.165, 1.54) is 0 Å². The molecule has 0 saturated carbocycles. The van der Waals surface area contributed by atoms with Crippen molar-refractivity contribution >= 4 is 21.9 Å². The summed E-state index contributed by atoms with van der Waals surface area (Å²) in [6, 6.07) is 7.70. The Labute approximate surface area is 118 Å². The highest BCUT2D eigenvalue weighted by molar-refractivity contribution is 7.84. The third kappa shape index (κ3) is 2.62. The van der Waals surface area contributed by atoms with Gasteiger partial charge in [-0.1, -0.05) is 12.1 Å². The molecule has 2 heterocycles. The zero-order valence-electron chi connectivity index (χ0n) is 11.0. The topological polar surface area (TPSA) is 73.8 Å². The summed E-state index contributed by atoms with van der Waals surface area (Å²) in [6.45, 7) is 0.695. The molecule has 0 spiro atoms. The number of fused-ring (bicyclic) bond motifs is 1. The summed E-state index contributed by atoms with van der Waals surface area (Å²) in [6.07, 6.45) is 4.75. The molecule has 0 aliphatic carbocycles. The van der Waals surface area contributed by atoms with Gasteiger partial charge in [0.1, 0.15) is 11.8 Å². The lowest BCUT2D eigenvalue weighted by Gasteiger charge is -2.02. The molecule has 104 valence electrons. The van der Waals surface area contributed by atoms with Crippen molar-refractivity contribution in [2.24, 2.45) is 0 Å². The summed E-state index contributed by atoms with van der Waals surface area (Å²) in [7, 11) is -1.12. The molecule has 7 heteroatoms. The van der Waals surface area contributed by atoms with Gasteiger partial charge in [0, 0.05) is 19.2 Å². The van der Waals surface area contributed by atoms with Crippen LogP contribution >= 0.6 is 0 Å². The fourth-order valence-electron chi connectivity index (χ4n) is 2.05. The van der Waals surface area contributed by atoms with Crippen LogP contribution in [-0.4, -0.2) is 30.2 Å². The molecule has 3 aromatic rings. The Morgan fingerprint density at radius 3 is 3.00 bits per heavy atom. The summed E-state index contributed by atoms with van der Waals surface area (Å²) in [5, 5.41) is 8.14. The van der Waals surface area contributed by atoms with Gasteiger partial charge in [-0.15, -0.1) is 10.2 Å². The fourth-order valence-corrected chi connectivity index (χ4v) is 2.68. The smallest absolute Gasteiger partial charge is 0.221 e. The quantitative estimate of drug-likeness (QED) is 0.716. The fraction of sp³-hybridized carbons (Fsp3) is 0.308. The van der Waals surface area contributed by atoms with Crippen molar-refractivity contribution in [2.45, 2.75) is 24.5 Å².